The molecule has 1 N–H and O–H groups in total. The van der Waals surface area contributed by atoms with Crippen molar-refractivity contribution in [3.63, 3.8) is 0 Å². The zero-order chi connectivity index (χ0) is 18.1. The Morgan fingerprint density at radius 1 is 1.00 bits per heavy atom. The summed E-state index contributed by atoms with van der Waals surface area (Å²) in [7, 11) is 0. The van der Waals surface area contributed by atoms with Crippen LogP contribution in [0.25, 0.3) is 11.1 Å². The summed E-state index contributed by atoms with van der Waals surface area (Å²) in [5, 5.41) is 4.07. The normalized spacial score (nSPS) is 21.9. The Kier molecular flexibility index (Phi) is 6.40. The van der Waals surface area contributed by atoms with Gasteiger partial charge in [0.15, 0.2) is 0 Å². The molecule has 0 unspecified atom stereocenters. The summed E-state index contributed by atoms with van der Waals surface area (Å²) in [5.41, 5.74) is 1.78. The van der Waals surface area contributed by atoms with E-state index in [9.17, 15) is 9.18 Å². The van der Waals surface area contributed by atoms with Gasteiger partial charge >= 0.3 is 0 Å². The third-order valence-electron chi connectivity index (χ3n) is 5.68. The number of carbonyl (C=O) groups is 1. The quantitative estimate of drug-likeness (QED) is 0.784. The first-order valence-electron chi connectivity index (χ1n) is 9.17. The highest BCUT2D eigenvalue weighted by molar-refractivity contribution is 6.30. The van der Waals surface area contributed by atoms with Crippen LogP contribution < -0.4 is 5.32 Å². The smallest absolute Gasteiger partial charge is 0.256 e. The zero-order valence-electron chi connectivity index (χ0n) is 15.0. The standard InChI is InChI=1S/C21H22ClFN2O.ClH/c22-18-4-1-14(2-5-18)15-3-6-19(20(23)11-15)21(26)25-9-7-16-12-24-13-17(16)8-10-25;/h1-6,11,16-17,24H,7-10,12-13H2;1H/t16-,17+;. The van der Waals surface area contributed by atoms with Gasteiger partial charge in [0.2, 0.25) is 0 Å². The lowest BCUT2D eigenvalue weighted by atomic mass is 9.92. The van der Waals surface area contributed by atoms with Gasteiger partial charge in [-0.1, -0.05) is 29.8 Å². The highest BCUT2D eigenvalue weighted by Crippen LogP contribution is 2.29. The van der Waals surface area contributed by atoms with Gasteiger partial charge in [0.1, 0.15) is 5.82 Å². The summed E-state index contributed by atoms with van der Waals surface area (Å²) in [6.45, 7) is 3.49. The first-order chi connectivity index (χ1) is 12.6. The van der Waals surface area contributed by atoms with Crippen molar-refractivity contribution in [3.8, 4) is 11.1 Å². The molecule has 2 aliphatic rings. The maximum atomic E-state index is 14.7. The van der Waals surface area contributed by atoms with Gasteiger partial charge in [0.25, 0.3) is 5.91 Å². The fourth-order valence-corrected chi connectivity index (χ4v) is 4.23. The molecule has 2 atom stereocenters. The molecule has 1 amide bonds. The Morgan fingerprint density at radius 3 is 2.19 bits per heavy atom. The van der Waals surface area contributed by atoms with E-state index >= 15 is 0 Å². The number of nitrogens with zero attached hydrogens (tertiary/aromatic N) is 1. The minimum absolute atomic E-state index is 0. The number of likely N-dealkylation sites (tertiary alicyclic amines) is 1. The minimum atomic E-state index is -0.464. The molecule has 2 saturated heterocycles. The summed E-state index contributed by atoms with van der Waals surface area (Å²) in [6, 6.07) is 12.1. The van der Waals surface area contributed by atoms with Crippen molar-refractivity contribution in [2.75, 3.05) is 26.2 Å². The molecule has 2 aromatic rings. The second-order valence-corrected chi connectivity index (χ2v) is 7.69. The lowest BCUT2D eigenvalue weighted by Crippen LogP contribution is -2.33. The predicted molar refractivity (Wildman–Crippen MR) is 109 cm³/mol. The predicted octanol–water partition coefficient (Wildman–Crippen LogP) is 4.64. The summed E-state index contributed by atoms with van der Waals surface area (Å²) >= 11 is 5.90. The first kappa shape index (κ1) is 20.1. The van der Waals surface area contributed by atoms with Crippen LogP contribution in [0.15, 0.2) is 42.5 Å². The Hall–Kier alpha value is -1.62. The molecule has 0 spiro atoms. The Balaban J connectivity index is 0.00000210. The van der Waals surface area contributed by atoms with E-state index in [1.807, 2.05) is 17.0 Å². The Labute approximate surface area is 170 Å². The number of rotatable bonds is 2. The molecule has 2 aliphatic heterocycles. The van der Waals surface area contributed by atoms with Crippen LogP contribution in [-0.4, -0.2) is 37.0 Å². The van der Waals surface area contributed by atoms with Crippen LogP contribution in [0.2, 0.25) is 5.02 Å². The molecule has 2 heterocycles. The second kappa shape index (κ2) is 8.59. The van der Waals surface area contributed by atoms with Gasteiger partial charge in [0.05, 0.1) is 5.56 Å². The summed E-state index contributed by atoms with van der Waals surface area (Å²) < 4.78 is 14.7. The van der Waals surface area contributed by atoms with E-state index in [2.05, 4.69) is 5.32 Å². The van der Waals surface area contributed by atoms with Crippen LogP contribution in [0.3, 0.4) is 0 Å². The number of benzene rings is 2. The summed E-state index contributed by atoms with van der Waals surface area (Å²) in [4.78, 5) is 14.7. The highest BCUT2D eigenvalue weighted by Gasteiger charge is 2.32. The number of hydrogen-bond donors (Lipinski definition) is 1. The van der Waals surface area contributed by atoms with Crippen LogP contribution in [-0.2, 0) is 0 Å². The molecule has 2 fully saturated rings. The van der Waals surface area contributed by atoms with Crippen LogP contribution in [0.4, 0.5) is 4.39 Å². The fraction of sp³-hybridized carbons (Fsp3) is 0.381. The summed E-state index contributed by atoms with van der Waals surface area (Å²) in [5.74, 6) is 0.626. The van der Waals surface area contributed by atoms with E-state index in [1.54, 1.807) is 24.3 Å². The largest absolute Gasteiger partial charge is 0.339 e. The number of halogens is 3. The van der Waals surface area contributed by atoms with Gasteiger partial charge in [-0.05, 0) is 73.2 Å². The van der Waals surface area contributed by atoms with Crippen molar-refractivity contribution < 1.29 is 9.18 Å². The molecule has 144 valence electrons. The maximum Gasteiger partial charge on any atom is 0.256 e. The third kappa shape index (κ3) is 4.29. The van der Waals surface area contributed by atoms with Crippen LogP contribution >= 0.6 is 24.0 Å². The minimum Gasteiger partial charge on any atom is -0.339 e. The highest BCUT2D eigenvalue weighted by atomic mass is 35.5. The molecular formula is C21H23Cl2FN2O. The Morgan fingerprint density at radius 2 is 1.59 bits per heavy atom. The lowest BCUT2D eigenvalue weighted by Gasteiger charge is -2.21. The first-order valence-corrected chi connectivity index (χ1v) is 9.55. The Bertz CT molecular complexity index is 798. The van der Waals surface area contributed by atoms with E-state index < -0.39 is 5.82 Å². The van der Waals surface area contributed by atoms with Gasteiger partial charge in [-0.3, -0.25) is 4.79 Å². The lowest BCUT2D eigenvalue weighted by molar-refractivity contribution is 0.0754. The van der Waals surface area contributed by atoms with E-state index in [0.29, 0.717) is 29.9 Å². The van der Waals surface area contributed by atoms with Gasteiger partial charge in [-0.2, -0.15) is 0 Å². The molecule has 6 heteroatoms. The van der Waals surface area contributed by atoms with Gasteiger partial charge < -0.3 is 10.2 Å². The third-order valence-corrected chi connectivity index (χ3v) is 5.94. The molecule has 0 bridgehead atoms. The van der Waals surface area contributed by atoms with Gasteiger partial charge in [-0.25, -0.2) is 4.39 Å². The molecule has 0 saturated carbocycles. The molecule has 4 rings (SSSR count). The number of hydrogen-bond acceptors (Lipinski definition) is 2. The fourth-order valence-electron chi connectivity index (χ4n) is 4.10. The topological polar surface area (TPSA) is 32.3 Å². The average Bonchev–Trinajstić information content (AvgIpc) is 3.00. The van der Waals surface area contributed by atoms with Crippen LogP contribution in [0.5, 0.6) is 0 Å². The molecule has 27 heavy (non-hydrogen) atoms. The molecule has 0 aromatic heterocycles. The van der Waals surface area contributed by atoms with Crippen molar-refractivity contribution in [3.05, 3.63) is 58.9 Å². The van der Waals surface area contributed by atoms with E-state index in [1.165, 1.54) is 6.07 Å². The average molecular weight is 409 g/mol. The molecular weight excluding hydrogens is 386 g/mol. The van der Waals surface area contributed by atoms with Crippen molar-refractivity contribution in [1.82, 2.24) is 10.2 Å². The van der Waals surface area contributed by atoms with Crippen LogP contribution in [0.1, 0.15) is 23.2 Å². The van der Waals surface area contributed by atoms with Gasteiger partial charge in [0, 0.05) is 18.1 Å². The van der Waals surface area contributed by atoms with Gasteiger partial charge in [-0.15, -0.1) is 12.4 Å². The monoisotopic (exact) mass is 408 g/mol. The number of fused-ring (bicyclic) bond motifs is 1. The number of amides is 1. The molecule has 0 aliphatic carbocycles. The maximum absolute atomic E-state index is 14.7. The molecule has 3 nitrogen and oxygen atoms in total. The molecule has 0 radical (unpaired) electrons. The zero-order valence-corrected chi connectivity index (χ0v) is 16.5. The summed E-state index contributed by atoms with van der Waals surface area (Å²) in [6.07, 6.45) is 1.99. The van der Waals surface area contributed by atoms with Crippen LogP contribution in [0, 0.1) is 17.7 Å². The number of nitrogens with one attached hydrogen (secondary N) is 1. The van der Waals surface area contributed by atoms with E-state index in [0.717, 1.165) is 37.1 Å². The van der Waals surface area contributed by atoms with E-state index in [-0.39, 0.29) is 23.9 Å². The molecule has 2 aromatic carbocycles. The van der Waals surface area contributed by atoms with Crippen molar-refractivity contribution >= 4 is 29.9 Å². The second-order valence-electron chi connectivity index (χ2n) is 7.25. The van der Waals surface area contributed by atoms with Crippen molar-refractivity contribution in [2.45, 2.75) is 12.8 Å². The van der Waals surface area contributed by atoms with Crippen molar-refractivity contribution in [1.29, 1.82) is 0 Å². The number of carbonyl (C=O) groups excluding carboxylic acids is 1. The van der Waals surface area contributed by atoms with E-state index in [4.69, 9.17) is 11.6 Å². The van der Waals surface area contributed by atoms with Crippen molar-refractivity contribution in [2.24, 2.45) is 11.8 Å². The SMILES string of the molecule is Cl.O=C(c1ccc(-c2ccc(Cl)cc2)cc1F)N1CC[C@@H]2CNC[C@@H]2CC1.